The van der Waals surface area contributed by atoms with E-state index in [1.54, 1.807) is 4.90 Å². The van der Waals surface area contributed by atoms with E-state index in [-0.39, 0.29) is 30.6 Å². The first kappa shape index (κ1) is 18.3. The number of urea groups is 1. The Labute approximate surface area is 142 Å². The van der Waals surface area contributed by atoms with Crippen molar-refractivity contribution >= 4 is 12.0 Å². The summed E-state index contributed by atoms with van der Waals surface area (Å²) in [5, 5.41) is 12.0. The Hall–Kier alpha value is -2.08. The smallest absolute Gasteiger partial charge is 0.318 e. The van der Waals surface area contributed by atoms with Gasteiger partial charge in [0.05, 0.1) is 18.8 Å². The van der Waals surface area contributed by atoms with E-state index < -0.39 is 5.97 Å². The highest BCUT2D eigenvalue weighted by atomic mass is 16.5. The van der Waals surface area contributed by atoms with Crippen LogP contribution in [-0.4, -0.2) is 53.3 Å². The summed E-state index contributed by atoms with van der Waals surface area (Å²) in [6.07, 6.45) is 1.07. The minimum Gasteiger partial charge on any atom is -0.481 e. The SMILES string of the molecule is CC1CN(C(=O)NC(CCC(=O)O)Cc2ccccc2)C(C)CO1. The van der Waals surface area contributed by atoms with Crippen LogP contribution in [0.15, 0.2) is 30.3 Å². The van der Waals surface area contributed by atoms with Crippen LogP contribution in [0.2, 0.25) is 0 Å². The zero-order valence-electron chi connectivity index (χ0n) is 14.3. The second-order valence-electron chi connectivity index (χ2n) is 6.41. The third-order valence-electron chi connectivity index (χ3n) is 4.23. The lowest BCUT2D eigenvalue weighted by Crippen LogP contribution is -2.55. The molecule has 1 heterocycles. The number of benzene rings is 1. The number of hydrogen-bond acceptors (Lipinski definition) is 3. The van der Waals surface area contributed by atoms with E-state index in [1.165, 1.54) is 0 Å². The summed E-state index contributed by atoms with van der Waals surface area (Å²) >= 11 is 0. The lowest BCUT2D eigenvalue weighted by Gasteiger charge is -2.37. The van der Waals surface area contributed by atoms with Crippen LogP contribution in [0.5, 0.6) is 0 Å². The molecule has 3 unspecified atom stereocenters. The summed E-state index contributed by atoms with van der Waals surface area (Å²) in [5.74, 6) is -0.851. The number of carboxylic acid groups (broad SMARTS) is 1. The largest absolute Gasteiger partial charge is 0.481 e. The molecule has 6 nitrogen and oxygen atoms in total. The fourth-order valence-corrected chi connectivity index (χ4v) is 2.87. The molecule has 2 rings (SSSR count). The molecular weight excluding hydrogens is 308 g/mol. The van der Waals surface area contributed by atoms with Crippen LogP contribution in [0.4, 0.5) is 4.79 Å². The Balaban J connectivity index is 2.00. The highest BCUT2D eigenvalue weighted by Crippen LogP contribution is 2.13. The Kier molecular flexibility index (Phi) is 6.61. The predicted octanol–water partition coefficient (Wildman–Crippen LogP) is 2.28. The predicted molar refractivity (Wildman–Crippen MR) is 90.9 cm³/mol. The van der Waals surface area contributed by atoms with Gasteiger partial charge in [-0.3, -0.25) is 4.79 Å². The van der Waals surface area contributed by atoms with E-state index in [0.29, 0.717) is 26.0 Å². The van der Waals surface area contributed by atoms with E-state index >= 15 is 0 Å². The van der Waals surface area contributed by atoms with Crippen molar-refractivity contribution in [2.75, 3.05) is 13.2 Å². The van der Waals surface area contributed by atoms with Gasteiger partial charge in [-0.15, -0.1) is 0 Å². The van der Waals surface area contributed by atoms with Gasteiger partial charge in [0.1, 0.15) is 0 Å². The normalized spacial score (nSPS) is 22.0. The van der Waals surface area contributed by atoms with Crippen LogP contribution in [-0.2, 0) is 16.0 Å². The van der Waals surface area contributed by atoms with Crippen molar-refractivity contribution in [3.63, 3.8) is 0 Å². The summed E-state index contributed by atoms with van der Waals surface area (Å²) < 4.78 is 5.55. The Morgan fingerprint density at radius 1 is 1.33 bits per heavy atom. The highest BCUT2D eigenvalue weighted by molar-refractivity contribution is 5.75. The van der Waals surface area contributed by atoms with E-state index in [9.17, 15) is 9.59 Å². The summed E-state index contributed by atoms with van der Waals surface area (Å²) in [4.78, 5) is 25.3. The Bertz CT molecular complexity index is 549. The highest BCUT2D eigenvalue weighted by Gasteiger charge is 2.28. The molecule has 6 heteroatoms. The fraction of sp³-hybridized carbons (Fsp3) is 0.556. The molecule has 1 aromatic carbocycles. The molecule has 0 spiro atoms. The average Bonchev–Trinajstić information content (AvgIpc) is 2.55. The number of amides is 2. The number of rotatable bonds is 6. The van der Waals surface area contributed by atoms with Crippen LogP contribution >= 0.6 is 0 Å². The topological polar surface area (TPSA) is 78.9 Å². The molecule has 0 bridgehead atoms. The van der Waals surface area contributed by atoms with Gasteiger partial charge in [0.2, 0.25) is 0 Å². The Morgan fingerprint density at radius 3 is 2.71 bits per heavy atom. The molecule has 1 saturated heterocycles. The number of carbonyl (C=O) groups excluding carboxylic acids is 1. The van der Waals surface area contributed by atoms with Gasteiger partial charge in [0.25, 0.3) is 0 Å². The molecule has 24 heavy (non-hydrogen) atoms. The van der Waals surface area contributed by atoms with Crippen molar-refractivity contribution in [2.45, 2.75) is 51.3 Å². The summed E-state index contributed by atoms with van der Waals surface area (Å²) in [6, 6.07) is 9.45. The first-order chi connectivity index (χ1) is 11.5. The molecule has 0 radical (unpaired) electrons. The maximum atomic E-state index is 12.6. The van der Waals surface area contributed by atoms with Crippen molar-refractivity contribution in [2.24, 2.45) is 0 Å². The van der Waals surface area contributed by atoms with Crippen LogP contribution < -0.4 is 5.32 Å². The first-order valence-electron chi connectivity index (χ1n) is 8.40. The maximum Gasteiger partial charge on any atom is 0.318 e. The second kappa shape index (κ2) is 8.68. The molecular formula is C18H26N2O4. The van der Waals surface area contributed by atoms with E-state index in [4.69, 9.17) is 9.84 Å². The molecule has 132 valence electrons. The number of nitrogens with zero attached hydrogens (tertiary/aromatic N) is 1. The van der Waals surface area contributed by atoms with Crippen LogP contribution in [0, 0.1) is 0 Å². The van der Waals surface area contributed by atoms with Crippen molar-refractivity contribution in [3.8, 4) is 0 Å². The van der Waals surface area contributed by atoms with Gasteiger partial charge >= 0.3 is 12.0 Å². The molecule has 0 saturated carbocycles. The average molecular weight is 334 g/mol. The quantitative estimate of drug-likeness (QED) is 0.836. The lowest BCUT2D eigenvalue weighted by atomic mass is 10.0. The minimum atomic E-state index is -0.851. The number of nitrogens with one attached hydrogen (secondary N) is 1. The van der Waals surface area contributed by atoms with E-state index in [0.717, 1.165) is 5.56 Å². The van der Waals surface area contributed by atoms with E-state index in [2.05, 4.69) is 5.32 Å². The standard InChI is InChI=1S/C18H26N2O4/c1-13-12-24-14(2)11-20(13)18(23)19-16(8-9-17(21)22)10-15-6-4-3-5-7-15/h3-7,13-14,16H,8-12H2,1-2H3,(H,19,23)(H,21,22). The summed E-state index contributed by atoms with van der Waals surface area (Å²) in [5.41, 5.74) is 1.08. The van der Waals surface area contributed by atoms with Crippen molar-refractivity contribution in [1.82, 2.24) is 10.2 Å². The third-order valence-corrected chi connectivity index (χ3v) is 4.23. The molecule has 2 N–H and O–H groups in total. The Morgan fingerprint density at radius 2 is 2.04 bits per heavy atom. The van der Waals surface area contributed by atoms with Gasteiger partial charge in [-0.1, -0.05) is 30.3 Å². The van der Waals surface area contributed by atoms with E-state index in [1.807, 2.05) is 44.2 Å². The van der Waals surface area contributed by atoms with Crippen LogP contribution in [0.25, 0.3) is 0 Å². The second-order valence-corrected chi connectivity index (χ2v) is 6.41. The van der Waals surface area contributed by atoms with Gasteiger partial charge in [-0.05, 0) is 32.3 Å². The monoisotopic (exact) mass is 334 g/mol. The molecule has 1 fully saturated rings. The van der Waals surface area contributed by atoms with Crippen molar-refractivity contribution in [1.29, 1.82) is 0 Å². The molecule has 0 aliphatic carbocycles. The zero-order chi connectivity index (χ0) is 17.5. The number of hydrogen-bond donors (Lipinski definition) is 2. The minimum absolute atomic E-state index is 0.0121. The van der Waals surface area contributed by atoms with Gasteiger partial charge in [0.15, 0.2) is 0 Å². The number of morpholine rings is 1. The van der Waals surface area contributed by atoms with Gasteiger partial charge < -0.3 is 20.1 Å². The number of carbonyl (C=O) groups is 2. The van der Waals surface area contributed by atoms with Crippen molar-refractivity contribution < 1.29 is 19.4 Å². The molecule has 1 aromatic rings. The third kappa shape index (κ3) is 5.53. The van der Waals surface area contributed by atoms with Crippen molar-refractivity contribution in [3.05, 3.63) is 35.9 Å². The molecule has 3 atom stereocenters. The number of carboxylic acids is 1. The number of aliphatic carboxylic acids is 1. The van der Waals surface area contributed by atoms with Gasteiger partial charge in [-0.2, -0.15) is 0 Å². The van der Waals surface area contributed by atoms with Gasteiger partial charge in [0, 0.05) is 19.0 Å². The number of ether oxygens (including phenoxy) is 1. The molecule has 0 aromatic heterocycles. The zero-order valence-corrected chi connectivity index (χ0v) is 14.3. The lowest BCUT2D eigenvalue weighted by molar-refractivity contribution is -0.137. The van der Waals surface area contributed by atoms with Crippen LogP contribution in [0.1, 0.15) is 32.3 Å². The maximum absolute atomic E-state index is 12.6. The summed E-state index contributed by atoms with van der Waals surface area (Å²) in [7, 11) is 0. The first-order valence-corrected chi connectivity index (χ1v) is 8.40. The summed E-state index contributed by atoms with van der Waals surface area (Å²) in [6.45, 7) is 4.96. The van der Waals surface area contributed by atoms with Crippen LogP contribution in [0.3, 0.4) is 0 Å². The molecule has 2 amide bonds. The molecule has 1 aliphatic rings. The molecule has 1 aliphatic heterocycles. The fourth-order valence-electron chi connectivity index (χ4n) is 2.87. The van der Waals surface area contributed by atoms with Gasteiger partial charge in [-0.25, -0.2) is 4.79 Å².